The molecule has 0 spiro atoms. The fraction of sp³-hybridized carbons (Fsp3) is 0.286. The highest BCUT2D eigenvalue weighted by Gasteiger charge is 2.34. The largest absolute Gasteiger partial charge is 0.497 e. The maximum Gasteiger partial charge on any atom is 0.261 e. The first-order chi connectivity index (χ1) is 13.4. The molecule has 0 unspecified atom stereocenters. The van der Waals surface area contributed by atoms with Gasteiger partial charge in [-0.3, -0.25) is 9.52 Å². The number of carbonyl (C=O) groups excluding carboxylic acids is 1. The monoisotopic (exact) mass is 398 g/mol. The van der Waals surface area contributed by atoms with Gasteiger partial charge in [0.1, 0.15) is 5.75 Å². The smallest absolute Gasteiger partial charge is 0.261 e. The van der Waals surface area contributed by atoms with E-state index < -0.39 is 10.0 Å². The molecule has 0 aromatic heterocycles. The second-order valence-corrected chi connectivity index (χ2v) is 8.75. The Kier molecular flexibility index (Phi) is 4.63. The number of ether oxygens (including phenoxy) is 1. The number of hydrogen-bond acceptors (Lipinski definition) is 4. The number of nitrogens with zero attached hydrogens (tertiary/aromatic N) is 1. The van der Waals surface area contributed by atoms with Crippen molar-refractivity contribution in [3.05, 3.63) is 53.6 Å². The number of allylic oxidation sites excluding steroid dienone is 1. The first kappa shape index (κ1) is 18.6. The third-order valence-electron chi connectivity index (χ3n) is 5.33. The number of methoxy groups -OCH3 is 1. The van der Waals surface area contributed by atoms with Crippen LogP contribution in [0.1, 0.15) is 31.2 Å². The van der Waals surface area contributed by atoms with Gasteiger partial charge in [0.05, 0.1) is 17.7 Å². The second kappa shape index (κ2) is 6.98. The van der Waals surface area contributed by atoms with E-state index in [9.17, 15) is 13.2 Å². The highest BCUT2D eigenvalue weighted by Crippen LogP contribution is 2.42. The minimum Gasteiger partial charge on any atom is -0.497 e. The summed E-state index contributed by atoms with van der Waals surface area (Å²) < 4.78 is 33.5. The summed E-state index contributed by atoms with van der Waals surface area (Å²) in [5.74, 6) is 0.597. The molecule has 7 heteroatoms. The average Bonchev–Trinajstić information content (AvgIpc) is 3.29. The molecule has 1 fully saturated rings. The zero-order chi connectivity index (χ0) is 19.9. The number of benzene rings is 2. The molecule has 1 saturated carbocycles. The molecule has 1 amide bonds. The summed E-state index contributed by atoms with van der Waals surface area (Å²) in [4.78, 5) is 14.5. The van der Waals surface area contributed by atoms with Crippen LogP contribution in [0, 0.1) is 0 Å². The van der Waals surface area contributed by atoms with Gasteiger partial charge in [0.15, 0.2) is 0 Å². The zero-order valence-electron chi connectivity index (χ0n) is 15.9. The van der Waals surface area contributed by atoms with Gasteiger partial charge in [-0.25, -0.2) is 8.42 Å². The standard InChI is InChI=1S/C21H22N2O4S/c1-23-19-12-11-17(13-18(19)20(21(23)24)14-5-3-4-6-14)28(25,26)22-15-7-9-16(27-2)10-8-15/h7-13,22H,3-6H2,1-2H3. The predicted octanol–water partition coefficient (Wildman–Crippen LogP) is 3.80. The Bertz CT molecular complexity index is 1060. The van der Waals surface area contributed by atoms with Crippen molar-refractivity contribution in [2.24, 2.45) is 0 Å². The van der Waals surface area contributed by atoms with Gasteiger partial charge < -0.3 is 9.64 Å². The first-order valence-corrected chi connectivity index (χ1v) is 10.7. The van der Waals surface area contributed by atoms with Crippen LogP contribution in [-0.4, -0.2) is 28.5 Å². The molecule has 2 aromatic carbocycles. The van der Waals surface area contributed by atoms with E-state index in [1.165, 1.54) is 6.07 Å². The average molecular weight is 398 g/mol. The van der Waals surface area contributed by atoms with E-state index in [-0.39, 0.29) is 10.8 Å². The third-order valence-corrected chi connectivity index (χ3v) is 6.71. The molecule has 1 N–H and O–H groups in total. The summed E-state index contributed by atoms with van der Waals surface area (Å²) in [6.07, 6.45) is 3.94. The first-order valence-electron chi connectivity index (χ1n) is 9.22. The number of carbonyl (C=O) groups is 1. The van der Waals surface area contributed by atoms with Crippen molar-refractivity contribution >= 4 is 32.9 Å². The third kappa shape index (κ3) is 3.16. The SMILES string of the molecule is COc1ccc(NS(=O)(=O)c2ccc3c(c2)C(=C2CCCC2)C(=O)N3C)cc1. The molecular formula is C21H22N2O4S. The van der Waals surface area contributed by atoms with Gasteiger partial charge in [-0.2, -0.15) is 0 Å². The summed E-state index contributed by atoms with van der Waals surface area (Å²) in [7, 11) is -0.496. The number of likely N-dealkylation sites (N-methyl/N-ethyl adjacent to an activating group) is 1. The van der Waals surface area contributed by atoms with Gasteiger partial charge in [-0.05, 0) is 68.1 Å². The molecular weight excluding hydrogens is 376 g/mol. The lowest BCUT2D eigenvalue weighted by Gasteiger charge is -2.12. The molecule has 28 heavy (non-hydrogen) atoms. The highest BCUT2D eigenvalue weighted by atomic mass is 32.2. The molecule has 1 heterocycles. The number of nitrogens with one attached hydrogen (secondary N) is 1. The summed E-state index contributed by atoms with van der Waals surface area (Å²) >= 11 is 0. The predicted molar refractivity (Wildman–Crippen MR) is 109 cm³/mol. The molecule has 0 saturated heterocycles. The summed E-state index contributed by atoms with van der Waals surface area (Å²) in [6.45, 7) is 0. The molecule has 2 aromatic rings. The molecule has 0 radical (unpaired) electrons. The van der Waals surface area contributed by atoms with Gasteiger partial charge >= 0.3 is 0 Å². The van der Waals surface area contributed by atoms with Gasteiger partial charge in [-0.1, -0.05) is 5.57 Å². The van der Waals surface area contributed by atoms with E-state index in [4.69, 9.17) is 4.74 Å². The van der Waals surface area contributed by atoms with E-state index in [1.54, 1.807) is 55.5 Å². The van der Waals surface area contributed by atoms with Crippen LogP contribution in [0.4, 0.5) is 11.4 Å². The van der Waals surface area contributed by atoms with Crippen molar-refractivity contribution in [2.45, 2.75) is 30.6 Å². The lowest BCUT2D eigenvalue weighted by atomic mass is 10.00. The minimum atomic E-state index is -3.78. The molecule has 1 aliphatic carbocycles. The number of rotatable bonds is 4. The van der Waals surface area contributed by atoms with Crippen LogP contribution < -0.4 is 14.4 Å². The maximum atomic E-state index is 12.9. The molecule has 4 rings (SSSR count). The van der Waals surface area contributed by atoms with Gasteiger partial charge in [0.25, 0.3) is 15.9 Å². The van der Waals surface area contributed by atoms with Crippen molar-refractivity contribution in [1.82, 2.24) is 0 Å². The lowest BCUT2D eigenvalue weighted by molar-refractivity contribution is -0.112. The zero-order valence-corrected chi connectivity index (χ0v) is 16.7. The Hall–Kier alpha value is -2.80. The number of fused-ring (bicyclic) bond motifs is 1. The van der Waals surface area contributed by atoms with Crippen molar-refractivity contribution in [1.29, 1.82) is 0 Å². The number of anilines is 2. The highest BCUT2D eigenvalue weighted by molar-refractivity contribution is 7.92. The van der Waals surface area contributed by atoms with Crippen molar-refractivity contribution in [2.75, 3.05) is 23.8 Å². The lowest BCUT2D eigenvalue weighted by Crippen LogP contribution is -2.20. The summed E-state index contributed by atoms with van der Waals surface area (Å²) in [6, 6.07) is 11.5. The van der Waals surface area contributed by atoms with Crippen LogP contribution in [0.15, 0.2) is 52.9 Å². The molecule has 146 valence electrons. The van der Waals surface area contributed by atoms with Crippen LogP contribution in [-0.2, 0) is 14.8 Å². The van der Waals surface area contributed by atoms with Gasteiger partial charge in [0, 0.05) is 23.9 Å². The van der Waals surface area contributed by atoms with E-state index in [2.05, 4.69) is 4.72 Å². The van der Waals surface area contributed by atoms with Gasteiger partial charge in [-0.15, -0.1) is 0 Å². The van der Waals surface area contributed by atoms with Gasteiger partial charge in [0.2, 0.25) is 0 Å². The van der Waals surface area contributed by atoms with Crippen LogP contribution in [0.2, 0.25) is 0 Å². The number of hydrogen-bond donors (Lipinski definition) is 1. The van der Waals surface area contributed by atoms with Crippen LogP contribution >= 0.6 is 0 Å². The van der Waals surface area contributed by atoms with Crippen LogP contribution in [0.5, 0.6) is 5.75 Å². The number of amides is 1. The topological polar surface area (TPSA) is 75.7 Å². The van der Waals surface area contributed by atoms with E-state index >= 15 is 0 Å². The molecule has 2 aliphatic rings. The molecule has 6 nitrogen and oxygen atoms in total. The van der Waals surface area contributed by atoms with E-state index in [1.807, 2.05) is 0 Å². The van der Waals surface area contributed by atoms with Crippen LogP contribution in [0.25, 0.3) is 5.57 Å². The Morgan fingerprint density at radius 1 is 1.04 bits per heavy atom. The van der Waals surface area contributed by atoms with Crippen molar-refractivity contribution in [3.8, 4) is 5.75 Å². The summed E-state index contributed by atoms with van der Waals surface area (Å²) in [5.41, 5.74) is 3.72. The van der Waals surface area contributed by atoms with Crippen molar-refractivity contribution in [3.63, 3.8) is 0 Å². The fourth-order valence-corrected chi connectivity index (χ4v) is 4.92. The van der Waals surface area contributed by atoms with Crippen molar-refractivity contribution < 1.29 is 17.9 Å². The minimum absolute atomic E-state index is 0.0513. The molecule has 0 atom stereocenters. The Labute approximate surface area is 164 Å². The Morgan fingerprint density at radius 3 is 2.36 bits per heavy atom. The molecule has 0 bridgehead atoms. The molecule has 1 aliphatic heterocycles. The maximum absolute atomic E-state index is 12.9. The Morgan fingerprint density at radius 2 is 1.71 bits per heavy atom. The van der Waals surface area contributed by atoms with E-state index in [0.717, 1.165) is 36.9 Å². The summed E-state index contributed by atoms with van der Waals surface area (Å²) in [5, 5.41) is 0. The Balaban J connectivity index is 1.72. The normalized spacial score (nSPS) is 16.5. The second-order valence-electron chi connectivity index (χ2n) is 7.06. The number of sulfonamides is 1. The fourth-order valence-electron chi connectivity index (χ4n) is 3.83. The quantitative estimate of drug-likeness (QED) is 0.795. The van der Waals surface area contributed by atoms with Crippen LogP contribution in [0.3, 0.4) is 0 Å². The van der Waals surface area contributed by atoms with E-state index in [0.29, 0.717) is 22.6 Å².